The first kappa shape index (κ1) is 17.9. The van der Waals surface area contributed by atoms with E-state index < -0.39 is 0 Å². The fourth-order valence-electron chi connectivity index (χ4n) is 3.18. The number of tetrazole rings is 1. The van der Waals surface area contributed by atoms with Crippen LogP contribution >= 0.6 is 9.24 Å². The largest absolute Gasteiger partial charge is 0.472 e. The fraction of sp³-hybridized carbons (Fsp3) is 0.368. The number of hydrogen-bond acceptors (Lipinski definition) is 5. The Bertz CT molecular complexity index is 1070. The van der Waals surface area contributed by atoms with Gasteiger partial charge >= 0.3 is 5.69 Å². The first-order valence-corrected chi connectivity index (χ1v) is 9.51. The zero-order valence-corrected chi connectivity index (χ0v) is 16.8. The number of pyridine rings is 1. The molecule has 0 radical (unpaired) electrons. The van der Waals surface area contributed by atoms with Crippen LogP contribution in [0.15, 0.2) is 29.1 Å². The second-order valence-corrected chi connectivity index (χ2v) is 7.61. The lowest BCUT2D eigenvalue weighted by Crippen LogP contribution is -2.23. The maximum atomic E-state index is 12.4. The van der Waals surface area contributed by atoms with Crippen LogP contribution < -0.4 is 15.7 Å². The van der Waals surface area contributed by atoms with Crippen molar-refractivity contribution in [2.75, 3.05) is 0 Å². The molecule has 1 atom stereocenters. The van der Waals surface area contributed by atoms with Crippen molar-refractivity contribution in [2.45, 2.75) is 39.2 Å². The lowest BCUT2D eigenvalue weighted by molar-refractivity contribution is 0.289. The van der Waals surface area contributed by atoms with Gasteiger partial charge in [0.15, 0.2) is 0 Å². The Morgan fingerprint density at radius 2 is 2.04 bits per heavy atom. The van der Waals surface area contributed by atoms with Crippen molar-refractivity contribution in [1.29, 1.82) is 0 Å². The molecular weight excluding hydrogens is 361 g/mol. The van der Waals surface area contributed by atoms with Gasteiger partial charge in [-0.05, 0) is 66.0 Å². The highest BCUT2D eigenvalue weighted by atomic mass is 31.0. The molecule has 1 fully saturated rings. The van der Waals surface area contributed by atoms with Gasteiger partial charge in [0, 0.05) is 23.9 Å². The zero-order chi connectivity index (χ0) is 19.1. The van der Waals surface area contributed by atoms with Crippen molar-refractivity contribution in [3.05, 3.63) is 57.1 Å². The molecule has 0 spiro atoms. The van der Waals surface area contributed by atoms with E-state index in [1.807, 2.05) is 32.0 Å². The number of hydrogen-bond donors (Lipinski definition) is 0. The van der Waals surface area contributed by atoms with Crippen molar-refractivity contribution in [2.24, 2.45) is 7.05 Å². The molecular formula is C19H22N5O2P. The molecule has 1 aliphatic carbocycles. The van der Waals surface area contributed by atoms with Crippen LogP contribution in [0, 0.1) is 13.8 Å². The van der Waals surface area contributed by atoms with Crippen LogP contribution in [0.4, 0.5) is 0 Å². The molecule has 1 unspecified atom stereocenters. The number of aryl methyl sites for hydroxylation is 3. The number of nitrogens with zero attached hydrogens (tertiary/aromatic N) is 5. The Balaban J connectivity index is 1.74. The minimum Gasteiger partial charge on any atom is -0.472 e. The molecule has 3 aromatic rings. The summed E-state index contributed by atoms with van der Waals surface area (Å²) >= 11 is 0. The maximum absolute atomic E-state index is 12.4. The van der Waals surface area contributed by atoms with Gasteiger partial charge in [0.25, 0.3) is 0 Å². The van der Waals surface area contributed by atoms with Crippen molar-refractivity contribution in [3.63, 3.8) is 0 Å². The first-order valence-electron chi connectivity index (χ1n) is 8.93. The van der Waals surface area contributed by atoms with Gasteiger partial charge in [-0.3, -0.25) is 0 Å². The van der Waals surface area contributed by atoms with Gasteiger partial charge in [0.1, 0.15) is 6.61 Å². The van der Waals surface area contributed by atoms with Crippen LogP contribution in [-0.2, 0) is 13.7 Å². The topological polar surface area (TPSA) is 74.8 Å². The van der Waals surface area contributed by atoms with Crippen LogP contribution in [0.2, 0.25) is 0 Å². The molecule has 27 heavy (non-hydrogen) atoms. The quantitative estimate of drug-likeness (QED) is 0.630. The smallest absolute Gasteiger partial charge is 0.368 e. The number of benzene rings is 1. The summed E-state index contributed by atoms with van der Waals surface area (Å²) in [5, 5.41) is 8.91. The van der Waals surface area contributed by atoms with E-state index in [0.29, 0.717) is 18.4 Å². The van der Waals surface area contributed by atoms with Gasteiger partial charge in [-0.2, -0.15) is 9.36 Å². The minimum absolute atomic E-state index is 0.276. The number of rotatable bonds is 5. The minimum atomic E-state index is -0.276. The summed E-state index contributed by atoms with van der Waals surface area (Å²) in [7, 11) is 4.28. The van der Waals surface area contributed by atoms with E-state index in [1.165, 1.54) is 14.9 Å². The van der Waals surface area contributed by atoms with Gasteiger partial charge in [0.05, 0.1) is 5.69 Å². The summed E-state index contributed by atoms with van der Waals surface area (Å²) in [6, 6.07) is 8.00. The van der Waals surface area contributed by atoms with E-state index in [-0.39, 0.29) is 5.69 Å². The van der Waals surface area contributed by atoms with E-state index in [1.54, 1.807) is 7.05 Å². The summed E-state index contributed by atoms with van der Waals surface area (Å²) in [5.74, 6) is 1.13. The van der Waals surface area contributed by atoms with Gasteiger partial charge in [-0.1, -0.05) is 12.1 Å². The monoisotopic (exact) mass is 383 g/mol. The average molecular weight is 383 g/mol. The van der Waals surface area contributed by atoms with Crippen LogP contribution in [0.3, 0.4) is 0 Å². The first-order chi connectivity index (χ1) is 13.0. The molecule has 0 aliphatic heterocycles. The van der Waals surface area contributed by atoms with Crippen LogP contribution in [0.5, 0.6) is 5.88 Å². The molecule has 0 saturated heterocycles. The highest BCUT2D eigenvalue weighted by Crippen LogP contribution is 2.43. The molecule has 1 aromatic carbocycles. The van der Waals surface area contributed by atoms with Crippen LogP contribution in [0.1, 0.15) is 41.1 Å². The molecule has 0 N–H and O–H groups in total. The molecule has 8 heteroatoms. The highest BCUT2D eigenvalue weighted by Gasteiger charge is 2.28. The van der Waals surface area contributed by atoms with E-state index in [2.05, 4.69) is 30.7 Å². The molecule has 2 aromatic heterocycles. The molecule has 4 rings (SSSR count). The standard InChI is InChI=1S/C19H22N5O2P/c1-11-9-17(27)12(2)20-18(11)26-10-15-14(13-7-8-13)5-4-6-16(15)24-19(25)23(3)21-22-24/h4-6,9,13H,7-8,10,27H2,1-3H3. The molecule has 1 aliphatic rings. The lowest BCUT2D eigenvalue weighted by Gasteiger charge is -2.16. The third kappa shape index (κ3) is 3.39. The predicted molar refractivity (Wildman–Crippen MR) is 106 cm³/mol. The summed E-state index contributed by atoms with van der Waals surface area (Å²) in [6.45, 7) is 4.27. The highest BCUT2D eigenvalue weighted by molar-refractivity contribution is 7.27. The SMILES string of the molecule is Cc1cc(P)c(C)nc1OCc1c(C2CC2)cccc1-n1nnn(C)c1=O. The predicted octanol–water partition coefficient (Wildman–Crippen LogP) is 1.93. The van der Waals surface area contributed by atoms with E-state index >= 15 is 0 Å². The van der Waals surface area contributed by atoms with Crippen molar-refractivity contribution < 1.29 is 4.74 Å². The third-order valence-electron chi connectivity index (χ3n) is 4.90. The van der Waals surface area contributed by atoms with Crippen molar-refractivity contribution in [3.8, 4) is 11.6 Å². The van der Waals surface area contributed by atoms with Crippen molar-refractivity contribution >= 4 is 14.5 Å². The van der Waals surface area contributed by atoms with Crippen LogP contribution in [0.25, 0.3) is 5.69 Å². The molecule has 1 saturated carbocycles. The molecule has 0 bridgehead atoms. The molecule has 7 nitrogen and oxygen atoms in total. The third-order valence-corrected chi connectivity index (χ3v) is 5.49. The Kier molecular flexibility index (Phi) is 4.56. The van der Waals surface area contributed by atoms with Crippen LogP contribution in [-0.4, -0.2) is 24.8 Å². The van der Waals surface area contributed by atoms with E-state index in [0.717, 1.165) is 40.7 Å². The Hall–Kier alpha value is -2.53. The maximum Gasteiger partial charge on any atom is 0.368 e. The summed E-state index contributed by atoms with van der Waals surface area (Å²) in [5.41, 5.74) is 4.52. The average Bonchev–Trinajstić information content (AvgIpc) is 3.43. The van der Waals surface area contributed by atoms with Gasteiger partial charge in [-0.25, -0.2) is 9.78 Å². The number of ether oxygens (including phenoxy) is 1. The van der Waals surface area contributed by atoms with Gasteiger partial charge < -0.3 is 4.74 Å². The summed E-state index contributed by atoms with van der Waals surface area (Å²) in [4.78, 5) is 16.9. The van der Waals surface area contributed by atoms with Gasteiger partial charge in [0.2, 0.25) is 5.88 Å². The second-order valence-electron chi connectivity index (χ2n) is 6.99. The van der Waals surface area contributed by atoms with E-state index in [4.69, 9.17) is 4.74 Å². The Labute approximate surface area is 159 Å². The van der Waals surface area contributed by atoms with Gasteiger partial charge in [-0.15, -0.1) is 9.24 Å². The molecule has 2 heterocycles. The Morgan fingerprint density at radius 3 is 2.70 bits per heavy atom. The second kappa shape index (κ2) is 6.89. The number of aromatic nitrogens is 5. The fourth-order valence-corrected chi connectivity index (χ4v) is 3.50. The normalized spacial score (nSPS) is 13.8. The van der Waals surface area contributed by atoms with Crippen molar-refractivity contribution in [1.82, 2.24) is 24.8 Å². The lowest BCUT2D eigenvalue weighted by atomic mass is 10.0. The summed E-state index contributed by atoms with van der Waals surface area (Å²) in [6.07, 6.45) is 2.31. The Morgan fingerprint density at radius 1 is 1.26 bits per heavy atom. The zero-order valence-electron chi connectivity index (χ0n) is 15.6. The summed E-state index contributed by atoms with van der Waals surface area (Å²) < 4.78 is 8.65. The van der Waals surface area contributed by atoms with E-state index in [9.17, 15) is 4.79 Å². The molecule has 0 amide bonds. The molecule has 140 valence electrons.